The topological polar surface area (TPSA) is 50.8 Å². The third-order valence-electron chi connectivity index (χ3n) is 3.95. The van der Waals surface area contributed by atoms with Crippen molar-refractivity contribution in [3.05, 3.63) is 23.2 Å². The second-order valence-corrected chi connectivity index (χ2v) is 6.18. The van der Waals surface area contributed by atoms with E-state index in [0.717, 1.165) is 25.7 Å². The maximum absolute atomic E-state index is 13.6. The lowest BCUT2D eigenvalue weighted by Gasteiger charge is -2.32. The number of nitrogens with zero attached hydrogens (tertiary/aromatic N) is 1. The van der Waals surface area contributed by atoms with Gasteiger partial charge in [0.1, 0.15) is 0 Å². The summed E-state index contributed by atoms with van der Waals surface area (Å²) in [6, 6.07) is 2.99. The summed E-state index contributed by atoms with van der Waals surface area (Å²) in [4.78, 5) is 13.7. The number of carbonyl (C=O) groups is 1. The Hall–Kier alpha value is -1.83. The van der Waals surface area contributed by atoms with Gasteiger partial charge in [-0.15, -0.1) is 0 Å². The Bertz CT molecular complexity index is 633. The summed E-state index contributed by atoms with van der Waals surface area (Å²) < 4.78 is 50.6. The third-order valence-corrected chi connectivity index (χ3v) is 4.19. The average Bonchev–Trinajstić information content (AvgIpc) is 2.69. The smallest absolute Gasteiger partial charge is 0.424 e. The quantitative estimate of drug-likeness (QED) is 0.822. The van der Waals surface area contributed by atoms with Gasteiger partial charge in [-0.05, 0) is 25.0 Å². The molecule has 0 radical (unpaired) electrons. The lowest BCUT2D eigenvalue weighted by atomic mass is 10.2. The van der Waals surface area contributed by atoms with Gasteiger partial charge >= 0.3 is 18.1 Å². The molecule has 3 rings (SSSR count). The van der Waals surface area contributed by atoms with Gasteiger partial charge in [0.05, 0.1) is 0 Å². The Balaban J connectivity index is 1.82. The van der Waals surface area contributed by atoms with Gasteiger partial charge < -0.3 is 14.4 Å². The number of alkyl halides is 3. The van der Waals surface area contributed by atoms with Gasteiger partial charge in [0.15, 0.2) is 11.5 Å². The molecule has 132 valence electrons. The second kappa shape index (κ2) is 6.23. The van der Waals surface area contributed by atoms with Crippen LogP contribution in [-0.4, -0.2) is 36.1 Å². The molecule has 1 N–H and O–H groups in total. The molecule has 1 saturated heterocycles. The zero-order valence-electron chi connectivity index (χ0n) is 12.7. The molecular weight excluding hydrogens is 349 g/mol. The molecule has 2 amide bonds. The van der Waals surface area contributed by atoms with Crippen LogP contribution >= 0.6 is 11.6 Å². The zero-order chi connectivity index (χ0) is 17.4. The number of nitrogens with one attached hydrogen (secondary N) is 1. The highest BCUT2D eigenvalue weighted by atomic mass is 35.5. The van der Waals surface area contributed by atoms with Gasteiger partial charge in [0, 0.05) is 24.2 Å². The molecule has 2 aliphatic rings. The molecule has 1 atom stereocenters. The standard InChI is InChI=1S/C15H16ClF3N2O3/c16-10-5-6-11-12(9-10)24-15(23-11,14(17,18)19)20-13(22)21-7-3-1-2-4-8-21/h5-6,9H,1-4,7-8H2,(H,20,22)/t15-/m1/s1. The average molecular weight is 365 g/mol. The lowest BCUT2D eigenvalue weighted by Crippen LogP contribution is -2.66. The van der Waals surface area contributed by atoms with Crippen molar-refractivity contribution in [3.63, 3.8) is 0 Å². The summed E-state index contributed by atoms with van der Waals surface area (Å²) in [5.74, 6) is -3.55. The minimum Gasteiger partial charge on any atom is -0.424 e. The van der Waals surface area contributed by atoms with E-state index >= 15 is 0 Å². The number of ether oxygens (including phenoxy) is 2. The first-order chi connectivity index (χ1) is 11.3. The molecule has 0 unspecified atom stereocenters. The van der Waals surface area contributed by atoms with E-state index in [9.17, 15) is 18.0 Å². The van der Waals surface area contributed by atoms with E-state index < -0.39 is 18.1 Å². The van der Waals surface area contributed by atoms with Crippen molar-refractivity contribution in [3.8, 4) is 11.5 Å². The fourth-order valence-electron chi connectivity index (χ4n) is 2.71. The van der Waals surface area contributed by atoms with Gasteiger partial charge in [-0.1, -0.05) is 24.4 Å². The monoisotopic (exact) mass is 364 g/mol. The number of fused-ring (bicyclic) bond motifs is 1. The third kappa shape index (κ3) is 3.19. The lowest BCUT2D eigenvalue weighted by molar-refractivity contribution is -0.318. The highest BCUT2D eigenvalue weighted by Gasteiger charge is 2.66. The Kier molecular flexibility index (Phi) is 4.42. The van der Waals surface area contributed by atoms with Crippen LogP contribution in [0, 0.1) is 0 Å². The van der Waals surface area contributed by atoms with Crippen LogP contribution in [0.25, 0.3) is 0 Å². The fourth-order valence-corrected chi connectivity index (χ4v) is 2.87. The molecule has 9 heteroatoms. The fraction of sp³-hybridized carbons (Fsp3) is 0.533. The molecule has 2 heterocycles. The van der Waals surface area contributed by atoms with Gasteiger partial charge in [0.2, 0.25) is 0 Å². The van der Waals surface area contributed by atoms with Gasteiger partial charge in [-0.2, -0.15) is 13.2 Å². The number of urea groups is 1. The molecule has 1 fully saturated rings. The molecular formula is C15H16ClF3N2O3. The summed E-state index contributed by atoms with van der Waals surface area (Å²) in [5, 5.41) is 2.07. The van der Waals surface area contributed by atoms with Crippen LogP contribution in [0.3, 0.4) is 0 Å². The number of rotatable bonds is 1. The molecule has 1 aromatic carbocycles. The van der Waals surface area contributed by atoms with Gasteiger partial charge in [0.25, 0.3) is 0 Å². The van der Waals surface area contributed by atoms with Crippen LogP contribution in [0.5, 0.6) is 11.5 Å². The SMILES string of the molecule is O=C(N[C@]1(C(F)(F)F)Oc2ccc(Cl)cc2O1)N1CCCCCC1. The van der Waals surface area contributed by atoms with E-state index in [1.54, 1.807) is 0 Å². The van der Waals surface area contributed by atoms with Crippen LogP contribution in [0.15, 0.2) is 18.2 Å². The van der Waals surface area contributed by atoms with Crippen molar-refractivity contribution < 1.29 is 27.4 Å². The number of carbonyl (C=O) groups excluding carboxylic acids is 1. The van der Waals surface area contributed by atoms with Crippen molar-refractivity contribution in [1.29, 1.82) is 0 Å². The van der Waals surface area contributed by atoms with Crippen LogP contribution in [0.1, 0.15) is 25.7 Å². The van der Waals surface area contributed by atoms with E-state index in [1.165, 1.54) is 23.1 Å². The highest BCUT2D eigenvalue weighted by molar-refractivity contribution is 6.30. The van der Waals surface area contributed by atoms with E-state index in [1.807, 2.05) is 5.32 Å². The van der Waals surface area contributed by atoms with Crippen LogP contribution < -0.4 is 14.8 Å². The summed E-state index contributed by atoms with van der Waals surface area (Å²) in [5.41, 5.74) is 0. The first-order valence-corrected chi connectivity index (χ1v) is 8.00. The molecule has 5 nitrogen and oxygen atoms in total. The molecule has 0 spiro atoms. The summed E-state index contributed by atoms with van der Waals surface area (Å²) in [6.45, 7) is 0.803. The molecule has 2 aliphatic heterocycles. The molecule has 1 aromatic rings. The number of likely N-dealkylation sites (tertiary alicyclic amines) is 1. The first kappa shape index (κ1) is 17.0. The van der Waals surface area contributed by atoms with Gasteiger partial charge in [-0.3, -0.25) is 5.32 Å². The predicted octanol–water partition coefficient (Wildman–Crippen LogP) is 3.91. The number of hydrogen-bond donors (Lipinski definition) is 1. The first-order valence-electron chi connectivity index (χ1n) is 7.62. The molecule has 0 saturated carbocycles. The summed E-state index contributed by atoms with van der Waals surface area (Å²) in [6.07, 6.45) is -1.57. The summed E-state index contributed by atoms with van der Waals surface area (Å²) in [7, 11) is 0. The van der Waals surface area contributed by atoms with Crippen molar-refractivity contribution in [2.75, 3.05) is 13.1 Å². The van der Waals surface area contributed by atoms with E-state index in [2.05, 4.69) is 0 Å². The Labute approximate surface area is 141 Å². The Morgan fingerprint density at radius 3 is 2.38 bits per heavy atom. The van der Waals surface area contributed by atoms with Crippen molar-refractivity contribution in [1.82, 2.24) is 10.2 Å². The highest BCUT2D eigenvalue weighted by Crippen LogP contribution is 2.46. The van der Waals surface area contributed by atoms with E-state index in [0.29, 0.717) is 13.1 Å². The molecule has 24 heavy (non-hydrogen) atoms. The number of benzene rings is 1. The van der Waals surface area contributed by atoms with Crippen LogP contribution in [0.4, 0.5) is 18.0 Å². The normalized spacial score (nSPS) is 23.8. The Morgan fingerprint density at radius 1 is 1.12 bits per heavy atom. The number of hydrogen-bond acceptors (Lipinski definition) is 3. The van der Waals surface area contributed by atoms with Crippen molar-refractivity contribution in [2.45, 2.75) is 37.8 Å². The van der Waals surface area contributed by atoms with E-state index in [-0.39, 0.29) is 16.5 Å². The van der Waals surface area contributed by atoms with Gasteiger partial charge in [-0.25, -0.2) is 4.79 Å². The van der Waals surface area contributed by atoms with Crippen LogP contribution in [0.2, 0.25) is 5.02 Å². The van der Waals surface area contributed by atoms with Crippen LogP contribution in [-0.2, 0) is 0 Å². The minimum atomic E-state index is -4.97. The molecule has 0 aromatic heterocycles. The maximum Gasteiger partial charge on any atom is 0.492 e. The van der Waals surface area contributed by atoms with E-state index in [4.69, 9.17) is 21.1 Å². The largest absolute Gasteiger partial charge is 0.492 e. The zero-order valence-corrected chi connectivity index (χ0v) is 13.4. The second-order valence-electron chi connectivity index (χ2n) is 5.74. The number of halogens is 4. The molecule has 0 bridgehead atoms. The van der Waals surface area contributed by atoms with Crippen molar-refractivity contribution in [2.24, 2.45) is 0 Å². The molecule has 0 aliphatic carbocycles. The minimum absolute atomic E-state index is 0.132. The number of amides is 2. The predicted molar refractivity (Wildman–Crippen MR) is 80.1 cm³/mol. The van der Waals surface area contributed by atoms with Crippen molar-refractivity contribution >= 4 is 17.6 Å². The summed E-state index contributed by atoms with van der Waals surface area (Å²) >= 11 is 5.76. The Morgan fingerprint density at radius 2 is 1.75 bits per heavy atom. The maximum atomic E-state index is 13.6.